The zero-order valence-electron chi connectivity index (χ0n) is 15.8. The third-order valence-corrected chi connectivity index (χ3v) is 5.21. The van der Waals surface area contributed by atoms with Gasteiger partial charge in [0.1, 0.15) is 6.33 Å². The minimum absolute atomic E-state index is 0.0742. The van der Waals surface area contributed by atoms with Crippen LogP contribution in [0.2, 0.25) is 0 Å². The Morgan fingerprint density at radius 1 is 1.07 bits per heavy atom. The average molecular weight is 398 g/mol. The van der Waals surface area contributed by atoms with E-state index >= 15 is 0 Å². The molecule has 0 unspecified atom stereocenters. The number of hydrogen-bond acceptors (Lipinski definition) is 4. The highest BCUT2D eigenvalue weighted by atomic mass is 19.2. The second-order valence-corrected chi connectivity index (χ2v) is 7.01. The van der Waals surface area contributed by atoms with E-state index in [0.717, 1.165) is 17.7 Å². The van der Waals surface area contributed by atoms with Crippen molar-refractivity contribution in [3.05, 3.63) is 76.6 Å². The fraction of sp³-hybridized carbons (Fsp3) is 0.238. The van der Waals surface area contributed by atoms with Crippen molar-refractivity contribution in [2.75, 3.05) is 13.6 Å². The van der Waals surface area contributed by atoms with Crippen molar-refractivity contribution in [1.29, 1.82) is 0 Å². The number of halogens is 3. The Hall–Kier alpha value is -3.29. The molecule has 1 aliphatic rings. The van der Waals surface area contributed by atoms with Crippen LogP contribution in [0.25, 0.3) is 11.4 Å². The van der Waals surface area contributed by atoms with Gasteiger partial charge in [-0.05, 0) is 41.8 Å². The Labute approximate surface area is 165 Å². The summed E-state index contributed by atoms with van der Waals surface area (Å²) in [6.07, 6.45) is 3.54. The largest absolute Gasteiger partial charge is 0.341 e. The van der Waals surface area contributed by atoms with Crippen LogP contribution in [-0.2, 0) is 6.42 Å². The van der Waals surface area contributed by atoms with E-state index in [1.807, 2.05) is 0 Å². The molecule has 1 atom stereocenters. The molecule has 1 aromatic carbocycles. The van der Waals surface area contributed by atoms with Crippen molar-refractivity contribution in [3.63, 3.8) is 0 Å². The first kappa shape index (κ1) is 19.0. The van der Waals surface area contributed by atoms with Crippen molar-refractivity contribution in [2.24, 2.45) is 0 Å². The van der Waals surface area contributed by atoms with Gasteiger partial charge in [0.05, 0.1) is 17.1 Å². The molecule has 1 amide bonds. The van der Waals surface area contributed by atoms with Crippen LogP contribution in [0.15, 0.2) is 36.8 Å². The molecule has 0 spiro atoms. The molecular weight excluding hydrogens is 381 g/mol. The van der Waals surface area contributed by atoms with Crippen molar-refractivity contribution in [2.45, 2.75) is 19.3 Å². The molecule has 0 N–H and O–H groups in total. The summed E-state index contributed by atoms with van der Waals surface area (Å²) in [5.41, 5.74) is 3.24. The normalized spacial score (nSPS) is 14.7. The van der Waals surface area contributed by atoms with Crippen LogP contribution in [0.4, 0.5) is 13.2 Å². The van der Waals surface area contributed by atoms with E-state index < -0.39 is 23.4 Å². The van der Waals surface area contributed by atoms with E-state index in [9.17, 15) is 18.0 Å². The van der Waals surface area contributed by atoms with Gasteiger partial charge >= 0.3 is 0 Å². The zero-order chi connectivity index (χ0) is 20.7. The molecular formula is C21H17F3N4O. The van der Waals surface area contributed by atoms with Gasteiger partial charge in [0.2, 0.25) is 0 Å². The molecule has 0 radical (unpaired) electrons. The van der Waals surface area contributed by atoms with Crippen molar-refractivity contribution >= 4 is 5.91 Å². The first-order chi connectivity index (χ1) is 13.9. The summed E-state index contributed by atoms with van der Waals surface area (Å²) in [5.74, 6) is -4.58. The van der Waals surface area contributed by atoms with E-state index in [4.69, 9.17) is 0 Å². The Bertz CT molecular complexity index is 1100. The van der Waals surface area contributed by atoms with Crippen LogP contribution < -0.4 is 0 Å². The molecule has 5 nitrogen and oxygen atoms in total. The van der Waals surface area contributed by atoms with Gasteiger partial charge in [-0.15, -0.1) is 0 Å². The molecule has 0 saturated carbocycles. The maximum absolute atomic E-state index is 13.6. The highest BCUT2D eigenvalue weighted by molar-refractivity contribution is 5.98. The minimum Gasteiger partial charge on any atom is -0.341 e. The first-order valence-electron chi connectivity index (χ1n) is 9.07. The summed E-state index contributed by atoms with van der Waals surface area (Å²) >= 11 is 0. The molecule has 3 aromatic rings. The van der Waals surface area contributed by atoms with Gasteiger partial charge in [-0.2, -0.15) is 0 Å². The molecule has 0 saturated heterocycles. The Morgan fingerprint density at radius 2 is 1.79 bits per heavy atom. The molecule has 3 heterocycles. The molecule has 0 aliphatic carbocycles. The first-order valence-corrected chi connectivity index (χ1v) is 9.07. The number of carbonyl (C=O) groups is 1. The summed E-state index contributed by atoms with van der Waals surface area (Å²) in [7, 11) is 1.75. The Kier molecular flexibility index (Phi) is 4.77. The molecule has 1 aliphatic heterocycles. The molecule has 4 rings (SSSR count). The van der Waals surface area contributed by atoms with Gasteiger partial charge in [-0.1, -0.05) is 6.92 Å². The number of pyridine rings is 1. The fourth-order valence-corrected chi connectivity index (χ4v) is 3.49. The highest BCUT2D eigenvalue weighted by Gasteiger charge is 2.25. The van der Waals surface area contributed by atoms with E-state index in [0.29, 0.717) is 35.6 Å². The number of benzene rings is 1. The summed E-state index contributed by atoms with van der Waals surface area (Å²) in [6.45, 7) is 2.29. The van der Waals surface area contributed by atoms with Crippen LogP contribution in [0, 0.1) is 17.5 Å². The van der Waals surface area contributed by atoms with E-state index in [2.05, 4.69) is 15.0 Å². The summed E-state index contributed by atoms with van der Waals surface area (Å²) in [5, 5.41) is 0. The van der Waals surface area contributed by atoms with Crippen LogP contribution in [0.3, 0.4) is 0 Å². The third kappa shape index (κ3) is 3.35. The Balaban J connectivity index is 1.75. The maximum atomic E-state index is 13.6. The smallest absolute Gasteiger partial charge is 0.254 e. The standard InChI is InChI=1S/C21H17F3N4O/c1-11(12-7-15(22)19(24)16(23)8-12)17-9-18(27-10-26-17)20-13-4-6-28(2)21(29)14(13)3-5-25-20/h3,5,7-11H,4,6H2,1-2H3/t11-/m0/s1. The highest BCUT2D eigenvalue weighted by Crippen LogP contribution is 2.30. The predicted molar refractivity (Wildman–Crippen MR) is 99.8 cm³/mol. The van der Waals surface area contributed by atoms with E-state index in [1.54, 1.807) is 37.2 Å². The van der Waals surface area contributed by atoms with Crippen LogP contribution in [0.1, 0.15) is 40.0 Å². The topological polar surface area (TPSA) is 59.0 Å². The molecule has 2 aromatic heterocycles. The van der Waals surface area contributed by atoms with Crippen LogP contribution in [-0.4, -0.2) is 39.4 Å². The number of nitrogens with zero attached hydrogens (tertiary/aromatic N) is 4. The second-order valence-electron chi connectivity index (χ2n) is 7.01. The molecule has 29 heavy (non-hydrogen) atoms. The molecule has 8 heteroatoms. The number of aromatic nitrogens is 3. The summed E-state index contributed by atoms with van der Waals surface area (Å²) in [4.78, 5) is 27.0. The van der Waals surface area contributed by atoms with Gasteiger partial charge in [-0.25, -0.2) is 23.1 Å². The lowest BCUT2D eigenvalue weighted by atomic mass is 9.94. The number of carbonyl (C=O) groups excluding carboxylic acids is 1. The minimum atomic E-state index is -1.50. The fourth-order valence-electron chi connectivity index (χ4n) is 3.49. The lowest BCUT2D eigenvalue weighted by Crippen LogP contribution is -2.34. The zero-order valence-corrected chi connectivity index (χ0v) is 15.8. The second kappa shape index (κ2) is 7.27. The molecule has 0 fully saturated rings. The molecule has 0 bridgehead atoms. The van der Waals surface area contributed by atoms with E-state index in [1.165, 1.54) is 6.33 Å². The monoisotopic (exact) mass is 398 g/mol. The predicted octanol–water partition coefficient (Wildman–Crippen LogP) is 3.74. The third-order valence-electron chi connectivity index (χ3n) is 5.21. The Morgan fingerprint density at radius 3 is 2.52 bits per heavy atom. The summed E-state index contributed by atoms with van der Waals surface area (Å²) in [6, 6.07) is 5.28. The van der Waals surface area contributed by atoms with Crippen molar-refractivity contribution in [1.82, 2.24) is 19.9 Å². The van der Waals surface area contributed by atoms with Crippen LogP contribution >= 0.6 is 0 Å². The van der Waals surface area contributed by atoms with Crippen LogP contribution in [0.5, 0.6) is 0 Å². The molecule has 148 valence electrons. The number of hydrogen-bond donors (Lipinski definition) is 0. The van der Waals surface area contributed by atoms with Crippen molar-refractivity contribution in [3.8, 4) is 11.4 Å². The lowest BCUT2D eigenvalue weighted by Gasteiger charge is -2.25. The number of likely N-dealkylation sites (N-methyl/N-ethyl adjacent to an activating group) is 1. The quantitative estimate of drug-likeness (QED) is 0.631. The SMILES string of the molecule is C[C@@H](c1cc(F)c(F)c(F)c1)c1cc(-c2nccc3c2CCN(C)C3=O)ncn1. The van der Waals surface area contributed by atoms with Gasteiger partial charge in [-0.3, -0.25) is 9.78 Å². The lowest BCUT2D eigenvalue weighted by molar-refractivity contribution is 0.0781. The van der Waals surface area contributed by atoms with Gasteiger partial charge < -0.3 is 4.90 Å². The maximum Gasteiger partial charge on any atom is 0.254 e. The van der Waals surface area contributed by atoms with Gasteiger partial charge in [0.15, 0.2) is 17.5 Å². The van der Waals surface area contributed by atoms with Crippen molar-refractivity contribution < 1.29 is 18.0 Å². The average Bonchev–Trinajstić information content (AvgIpc) is 2.73. The number of fused-ring (bicyclic) bond motifs is 1. The van der Waals surface area contributed by atoms with E-state index in [-0.39, 0.29) is 11.5 Å². The van der Waals surface area contributed by atoms with Gasteiger partial charge in [0.25, 0.3) is 5.91 Å². The summed E-state index contributed by atoms with van der Waals surface area (Å²) < 4.78 is 40.5. The number of rotatable bonds is 3. The van der Waals surface area contributed by atoms with Gasteiger partial charge in [0, 0.05) is 31.3 Å². The number of amides is 1.